The summed E-state index contributed by atoms with van der Waals surface area (Å²) in [6, 6.07) is 3.42. The molecule has 0 saturated heterocycles. The lowest BCUT2D eigenvalue weighted by Gasteiger charge is -2.12. The summed E-state index contributed by atoms with van der Waals surface area (Å²) in [6.45, 7) is -0.164. The van der Waals surface area contributed by atoms with Crippen LogP contribution >= 0.6 is 0 Å². The van der Waals surface area contributed by atoms with Gasteiger partial charge >= 0.3 is 0 Å². The van der Waals surface area contributed by atoms with Gasteiger partial charge in [-0.1, -0.05) is 0 Å². The average Bonchev–Trinajstić information content (AvgIpc) is 2.78. The van der Waals surface area contributed by atoms with Crippen LogP contribution in [0.5, 0.6) is 17.2 Å². The lowest BCUT2D eigenvalue weighted by Crippen LogP contribution is -1.94. The molecule has 0 aliphatic heterocycles. The maximum atomic E-state index is 9.06. The SMILES string of the molecule is COc1cc2oc(CO)cc2c(OC)c1OC. The van der Waals surface area contributed by atoms with E-state index in [0.29, 0.717) is 28.6 Å². The summed E-state index contributed by atoms with van der Waals surface area (Å²) in [5.74, 6) is 2.03. The third kappa shape index (κ3) is 1.78. The van der Waals surface area contributed by atoms with Crippen molar-refractivity contribution in [3.05, 3.63) is 17.9 Å². The maximum Gasteiger partial charge on any atom is 0.204 e. The van der Waals surface area contributed by atoms with Crippen LogP contribution in [-0.2, 0) is 6.61 Å². The van der Waals surface area contributed by atoms with E-state index in [2.05, 4.69) is 0 Å². The minimum atomic E-state index is -0.164. The van der Waals surface area contributed by atoms with E-state index in [-0.39, 0.29) is 6.61 Å². The first kappa shape index (κ1) is 11.6. The first-order valence-electron chi connectivity index (χ1n) is 5.07. The molecule has 2 rings (SSSR count). The number of hydrogen-bond donors (Lipinski definition) is 1. The van der Waals surface area contributed by atoms with Gasteiger partial charge in [0.2, 0.25) is 5.75 Å². The Kier molecular flexibility index (Phi) is 3.10. The summed E-state index contributed by atoms with van der Waals surface area (Å²) in [7, 11) is 4.63. The number of rotatable bonds is 4. The van der Waals surface area contributed by atoms with Crippen molar-refractivity contribution in [3.8, 4) is 17.2 Å². The molecule has 0 saturated carbocycles. The number of benzene rings is 1. The molecule has 0 fully saturated rings. The largest absolute Gasteiger partial charge is 0.493 e. The Balaban J connectivity index is 2.76. The van der Waals surface area contributed by atoms with E-state index in [1.165, 1.54) is 0 Å². The van der Waals surface area contributed by atoms with Crippen LogP contribution in [0, 0.1) is 0 Å². The second-order valence-electron chi connectivity index (χ2n) is 3.43. The van der Waals surface area contributed by atoms with E-state index in [1.54, 1.807) is 33.5 Å². The van der Waals surface area contributed by atoms with Gasteiger partial charge in [0.1, 0.15) is 18.0 Å². The van der Waals surface area contributed by atoms with Gasteiger partial charge in [0.15, 0.2) is 11.5 Å². The zero-order valence-corrected chi connectivity index (χ0v) is 9.94. The second-order valence-corrected chi connectivity index (χ2v) is 3.43. The molecule has 0 amide bonds. The van der Waals surface area contributed by atoms with Gasteiger partial charge in [-0.05, 0) is 6.07 Å². The van der Waals surface area contributed by atoms with Gasteiger partial charge in [-0.3, -0.25) is 0 Å². The highest BCUT2D eigenvalue weighted by Gasteiger charge is 2.18. The average molecular weight is 238 g/mol. The summed E-state index contributed by atoms with van der Waals surface area (Å²) in [6.07, 6.45) is 0. The smallest absolute Gasteiger partial charge is 0.204 e. The summed E-state index contributed by atoms with van der Waals surface area (Å²) in [5.41, 5.74) is 0.587. The predicted molar refractivity (Wildman–Crippen MR) is 61.8 cm³/mol. The lowest BCUT2D eigenvalue weighted by atomic mass is 10.2. The van der Waals surface area contributed by atoms with Crippen LogP contribution in [0.25, 0.3) is 11.0 Å². The summed E-state index contributed by atoms with van der Waals surface area (Å²) in [5, 5.41) is 9.80. The molecule has 0 unspecified atom stereocenters. The fourth-order valence-corrected chi connectivity index (χ4v) is 1.79. The lowest BCUT2D eigenvalue weighted by molar-refractivity contribution is 0.251. The minimum Gasteiger partial charge on any atom is -0.493 e. The first-order chi connectivity index (χ1) is 8.24. The van der Waals surface area contributed by atoms with Crippen LogP contribution in [-0.4, -0.2) is 26.4 Å². The normalized spacial score (nSPS) is 10.6. The van der Waals surface area contributed by atoms with Crippen molar-refractivity contribution in [2.45, 2.75) is 6.61 Å². The van der Waals surface area contributed by atoms with Crippen molar-refractivity contribution >= 4 is 11.0 Å². The molecule has 0 aliphatic carbocycles. The fraction of sp³-hybridized carbons (Fsp3) is 0.333. The van der Waals surface area contributed by atoms with E-state index in [1.807, 2.05) is 0 Å². The Morgan fingerprint density at radius 1 is 1.06 bits per heavy atom. The fourth-order valence-electron chi connectivity index (χ4n) is 1.79. The number of fused-ring (bicyclic) bond motifs is 1. The standard InChI is InChI=1S/C12H14O5/c1-14-10-5-9-8(4-7(6-13)17-9)11(15-2)12(10)16-3/h4-5,13H,6H2,1-3H3. The highest BCUT2D eigenvalue weighted by Crippen LogP contribution is 2.44. The molecule has 17 heavy (non-hydrogen) atoms. The summed E-state index contributed by atoms with van der Waals surface area (Å²) in [4.78, 5) is 0. The number of aliphatic hydroxyl groups is 1. The molecule has 1 heterocycles. The molecule has 0 aliphatic rings. The van der Waals surface area contributed by atoms with Gasteiger partial charge in [-0.15, -0.1) is 0 Å². The molecular formula is C12H14O5. The zero-order valence-electron chi connectivity index (χ0n) is 9.94. The van der Waals surface area contributed by atoms with Gasteiger partial charge < -0.3 is 23.7 Å². The number of aliphatic hydroxyl groups excluding tert-OH is 1. The molecule has 1 N–H and O–H groups in total. The van der Waals surface area contributed by atoms with Crippen molar-refractivity contribution < 1.29 is 23.7 Å². The molecule has 1 aromatic heterocycles. The second kappa shape index (κ2) is 4.55. The molecule has 0 radical (unpaired) electrons. The third-order valence-corrected chi connectivity index (χ3v) is 2.53. The zero-order chi connectivity index (χ0) is 12.4. The van der Waals surface area contributed by atoms with Crippen molar-refractivity contribution in [1.29, 1.82) is 0 Å². The first-order valence-corrected chi connectivity index (χ1v) is 5.07. The van der Waals surface area contributed by atoms with Crippen molar-refractivity contribution in [2.75, 3.05) is 21.3 Å². The van der Waals surface area contributed by atoms with Crippen molar-refractivity contribution in [3.63, 3.8) is 0 Å². The van der Waals surface area contributed by atoms with Gasteiger partial charge in [0, 0.05) is 6.07 Å². The molecule has 92 valence electrons. The van der Waals surface area contributed by atoms with Gasteiger partial charge in [0.05, 0.1) is 26.7 Å². The molecule has 1 aromatic carbocycles. The summed E-state index contributed by atoms with van der Waals surface area (Å²) >= 11 is 0. The van der Waals surface area contributed by atoms with Crippen molar-refractivity contribution in [1.82, 2.24) is 0 Å². The molecule has 0 bridgehead atoms. The number of furan rings is 1. The predicted octanol–water partition coefficient (Wildman–Crippen LogP) is 1.95. The number of hydrogen-bond acceptors (Lipinski definition) is 5. The highest BCUT2D eigenvalue weighted by molar-refractivity contribution is 5.90. The molecule has 0 spiro atoms. The van der Waals surface area contributed by atoms with Gasteiger partial charge in [0.25, 0.3) is 0 Å². The van der Waals surface area contributed by atoms with Crippen molar-refractivity contribution in [2.24, 2.45) is 0 Å². The molecule has 0 atom stereocenters. The molecule has 5 nitrogen and oxygen atoms in total. The Bertz CT molecular complexity index is 529. The molecular weight excluding hydrogens is 224 g/mol. The summed E-state index contributed by atoms with van der Waals surface area (Å²) < 4.78 is 21.2. The van der Waals surface area contributed by atoms with E-state index in [0.717, 1.165) is 5.39 Å². The monoisotopic (exact) mass is 238 g/mol. The van der Waals surface area contributed by atoms with E-state index in [9.17, 15) is 0 Å². The quantitative estimate of drug-likeness (QED) is 0.882. The van der Waals surface area contributed by atoms with Gasteiger partial charge in [-0.25, -0.2) is 0 Å². The van der Waals surface area contributed by atoms with Crippen LogP contribution < -0.4 is 14.2 Å². The van der Waals surface area contributed by atoms with E-state index >= 15 is 0 Å². The molecule has 5 heteroatoms. The van der Waals surface area contributed by atoms with Crippen LogP contribution in [0.3, 0.4) is 0 Å². The molecule has 2 aromatic rings. The Morgan fingerprint density at radius 3 is 2.29 bits per heavy atom. The Morgan fingerprint density at radius 2 is 1.76 bits per heavy atom. The third-order valence-electron chi connectivity index (χ3n) is 2.53. The van der Waals surface area contributed by atoms with Crippen LogP contribution in [0.2, 0.25) is 0 Å². The Hall–Kier alpha value is -1.88. The maximum absolute atomic E-state index is 9.06. The van der Waals surface area contributed by atoms with Crippen LogP contribution in [0.4, 0.5) is 0 Å². The number of ether oxygens (including phenoxy) is 3. The highest BCUT2D eigenvalue weighted by atomic mass is 16.5. The van der Waals surface area contributed by atoms with E-state index < -0.39 is 0 Å². The Labute approximate surface area is 98.5 Å². The number of methoxy groups -OCH3 is 3. The van der Waals surface area contributed by atoms with Gasteiger partial charge in [-0.2, -0.15) is 0 Å². The topological polar surface area (TPSA) is 61.1 Å². The van der Waals surface area contributed by atoms with E-state index in [4.69, 9.17) is 23.7 Å². The van der Waals surface area contributed by atoms with Crippen LogP contribution in [0.1, 0.15) is 5.76 Å². The van der Waals surface area contributed by atoms with Crippen LogP contribution in [0.15, 0.2) is 16.5 Å². The minimum absolute atomic E-state index is 0.164.